The van der Waals surface area contributed by atoms with E-state index in [1.165, 1.54) is 28.6 Å². The molecule has 3 rings (SSSR count). The SMILES string of the molecule is CC[C@@H](C)OC(=O)CSc1nc2sc3c(c2c(=O)[nH]1)CCCC3. The summed E-state index contributed by atoms with van der Waals surface area (Å²) in [5.41, 5.74) is 1.09. The van der Waals surface area contributed by atoms with Gasteiger partial charge in [-0.25, -0.2) is 4.98 Å². The average Bonchev–Trinajstić information content (AvgIpc) is 2.91. The summed E-state index contributed by atoms with van der Waals surface area (Å²) in [6.45, 7) is 3.83. The van der Waals surface area contributed by atoms with Crippen molar-refractivity contribution in [3.05, 3.63) is 20.8 Å². The molecule has 0 spiro atoms. The van der Waals surface area contributed by atoms with Crippen molar-refractivity contribution in [2.24, 2.45) is 0 Å². The van der Waals surface area contributed by atoms with Gasteiger partial charge in [0.15, 0.2) is 5.16 Å². The molecular weight excluding hydrogens is 332 g/mol. The lowest BCUT2D eigenvalue weighted by molar-refractivity contribution is -0.144. The lowest BCUT2D eigenvalue weighted by Crippen LogP contribution is -2.16. The van der Waals surface area contributed by atoms with Gasteiger partial charge in [-0.05, 0) is 44.6 Å². The summed E-state index contributed by atoms with van der Waals surface area (Å²) in [7, 11) is 0. The number of rotatable bonds is 5. The number of thioether (sulfide) groups is 1. The van der Waals surface area contributed by atoms with E-state index in [0.29, 0.717) is 5.16 Å². The number of carbonyl (C=O) groups is 1. The number of H-pyrrole nitrogens is 1. The van der Waals surface area contributed by atoms with Crippen LogP contribution in [-0.2, 0) is 22.4 Å². The van der Waals surface area contributed by atoms with E-state index in [4.69, 9.17) is 4.74 Å². The van der Waals surface area contributed by atoms with Gasteiger partial charge in [0.2, 0.25) is 0 Å². The first-order valence-electron chi connectivity index (χ1n) is 7.95. The molecule has 7 heteroatoms. The Morgan fingerprint density at radius 3 is 3.00 bits per heavy atom. The largest absolute Gasteiger partial charge is 0.462 e. The summed E-state index contributed by atoms with van der Waals surface area (Å²) < 4.78 is 5.23. The number of aromatic nitrogens is 2. The van der Waals surface area contributed by atoms with Gasteiger partial charge in [0.1, 0.15) is 4.83 Å². The number of fused-ring (bicyclic) bond motifs is 3. The Hall–Kier alpha value is -1.34. The van der Waals surface area contributed by atoms with Gasteiger partial charge in [0.05, 0.1) is 17.2 Å². The number of carbonyl (C=O) groups excluding carboxylic acids is 1. The number of ether oxygens (including phenoxy) is 1. The number of hydrogen-bond donors (Lipinski definition) is 1. The molecule has 1 atom stereocenters. The van der Waals surface area contributed by atoms with Crippen LogP contribution in [0.1, 0.15) is 43.6 Å². The maximum Gasteiger partial charge on any atom is 0.316 e. The number of nitrogens with zero attached hydrogens (tertiary/aromatic N) is 1. The van der Waals surface area contributed by atoms with E-state index in [2.05, 4.69) is 9.97 Å². The Morgan fingerprint density at radius 2 is 2.22 bits per heavy atom. The van der Waals surface area contributed by atoms with Crippen LogP contribution < -0.4 is 5.56 Å². The summed E-state index contributed by atoms with van der Waals surface area (Å²) in [4.78, 5) is 33.5. The minimum atomic E-state index is -0.280. The van der Waals surface area contributed by atoms with Crippen LogP contribution in [0.4, 0.5) is 0 Å². The molecule has 1 N–H and O–H groups in total. The fourth-order valence-electron chi connectivity index (χ4n) is 2.68. The second-order valence-corrected chi connectivity index (χ2v) is 7.81. The minimum absolute atomic E-state index is 0.0818. The van der Waals surface area contributed by atoms with Crippen LogP contribution in [0.3, 0.4) is 0 Å². The van der Waals surface area contributed by atoms with E-state index in [1.54, 1.807) is 11.3 Å². The zero-order valence-corrected chi connectivity index (χ0v) is 14.9. The molecule has 0 aromatic carbocycles. The molecule has 0 unspecified atom stereocenters. The Kier molecular flexibility index (Phi) is 5.06. The fraction of sp³-hybridized carbons (Fsp3) is 0.562. The number of thiophene rings is 1. The van der Waals surface area contributed by atoms with E-state index in [-0.39, 0.29) is 23.4 Å². The number of nitrogens with one attached hydrogen (secondary N) is 1. The number of esters is 1. The summed E-state index contributed by atoms with van der Waals surface area (Å²) in [5.74, 6) is -0.123. The van der Waals surface area contributed by atoms with Crippen molar-refractivity contribution in [3.63, 3.8) is 0 Å². The number of aryl methyl sites for hydroxylation is 2. The van der Waals surface area contributed by atoms with Gasteiger partial charge in [-0.3, -0.25) is 9.59 Å². The normalized spacial score (nSPS) is 15.4. The van der Waals surface area contributed by atoms with Crippen molar-refractivity contribution >= 4 is 39.3 Å². The lowest BCUT2D eigenvalue weighted by Gasteiger charge is -2.10. The van der Waals surface area contributed by atoms with Crippen molar-refractivity contribution in [2.75, 3.05) is 5.75 Å². The van der Waals surface area contributed by atoms with E-state index < -0.39 is 0 Å². The molecule has 2 heterocycles. The zero-order chi connectivity index (χ0) is 16.4. The highest BCUT2D eigenvalue weighted by molar-refractivity contribution is 7.99. The molecule has 1 aliphatic rings. The minimum Gasteiger partial charge on any atom is -0.462 e. The van der Waals surface area contributed by atoms with Crippen molar-refractivity contribution in [2.45, 2.75) is 57.2 Å². The third kappa shape index (κ3) is 3.61. The fourth-order valence-corrected chi connectivity index (χ4v) is 4.64. The van der Waals surface area contributed by atoms with Gasteiger partial charge in [-0.15, -0.1) is 11.3 Å². The van der Waals surface area contributed by atoms with Crippen LogP contribution in [0, 0.1) is 0 Å². The van der Waals surface area contributed by atoms with E-state index in [9.17, 15) is 9.59 Å². The maximum atomic E-state index is 12.4. The Labute approximate surface area is 142 Å². The average molecular weight is 352 g/mol. The predicted molar refractivity (Wildman–Crippen MR) is 93.5 cm³/mol. The Bertz CT molecular complexity index is 781. The molecule has 0 amide bonds. The van der Waals surface area contributed by atoms with Crippen LogP contribution in [0.5, 0.6) is 0 Å². The van der Waals surface area contributed by atoms with Crippen LogP contribution in [-0.4, -0.2) is 27.8 Å². The van der Waals surface area contributed by atoms with E-state index in [0.717, 1.165) is 35.9 Å². The highest BCUT2D eigenvalue weighted by Crippen LogP contribution is 2.34. The second kappa shape index (κ2) is 7.05. The standard InChI is InChI=1S/C16H20N2O3S2/c1-3-9(2)21-12(19)8-22-16-17-14(20)13-10-6-4-5-7-11(10)23-15(13)18-16/h9H,3-8H2,1-2H3,(H,17,18,20)/t9-/m1/s1. The van der Waals surface area contributed by atoms with Gasteiger partial charge in [0.25, 0.3) is 5.56 Å². The first kappa shape index (κ1) is 16.5. The van der Waals surface area contributed by atoms with Gasteiger partial charge < -0.3 is 9.72 Å². The van der Waals surface area contributed by atoms with Crippen molar-refractivity contribution < 1.29 is 9.53 Å². The molecule has 0 saturated carbocycles. The molecule has 124 valence electrons. The second-order valence-electron chi connectivity index (χ2n) is 5.76. The molecule has 2 aromatic heterocycles. The van der Waals surface area contributed by atoms with Gasteiger partial charge in [-0.1, -0.05) is 18.7 Å². The monoisotopic (exact) mass is 352 g/mol. The zero-order valence-electron chi connectivity index (χ0n) is 13.3. The first-order valence-corrected chi connectivity index (χ1v) is 9.75. The quantitative estimate of drug-likeness (QED) is 0.508. The summed E-state index contributed by atoms with van der Waals surface area (Å²) in [5, 5.41) is 1.23. The van der Waals surface area contributed by atoms with Crippen molar-refractivity contribution in [1.29, 1.82) is 0 Å². The highest BCUT2D eigenvalue weighted by atomic mass is 32.2. The predicted octanol–water partition coefficient (Wildman–Crippen LogP) is 3.30. The Balaban J connectivity index is 1.78. The topological polar surface area (TPSA) is 72.0 Å². The molecule has 5 nitrogen and oxygen atoms in total. The molecule has 0 aliphatic heterocycles. The summed E-state index contributed by atoms with van der Waals surface area (Å²) in [6.07, 6.45) is 5.03. The molecule has 0 fully saturated rings. The van der Waals surface area contributed by atoms with Gasteiger partial charge in [0, 0.05) is 4.88 Å². The third-order valence-electron chi connectivity index (χ3n) is 4.04. The first-order chi connectivity index (χ1) is 11.1. The van der Waals surface area contributed by atoms with Crippen LogP contribution in [0.2, 0.25) is 0 Å². The summed E-state index contributed by atoms with van der Waals surface area (Å²) in [6, 6.07) is 0. The van der Waals surface area contributed by atoms with Crippen LogP contribution in [0.25, 0.3) is 10.2 Å². The molecule has 2 aromatic rings. The molecule has 0 bridgehead atoms. The van der Waals surface area contributed by atoms with Crippen molar-refractivity contribution in [3.8, 4) is 0 Å². The van der Waals surface area contributed by atoms with E-state index >= 15 is 0 Å². The van der Waals surface area contributed by atoms with Crippen molar-refractivity contribution in [1.82, 2.24) is 9.97 Å². The van der Waals surface area contributed by atoms with Gasteiger partial charge >= 0.3 is 5.97 Å². The number of hydrogen-bond acceptors (Lipinski definition) is 6. The molecule has 0 saturated heterocycles. The summed E-state index contributed by atoms with van der Waals surface area (Å²) >= 11 is 2.84. The smallest absolute Gasteiger partial charge is 0.316 e. The lowest BCUT2D eigenvalue weighted by atomic mass is 9.97. The van der Waals surface area contributed by atoms with Gasteiger partial charge in [-0.2, -0.15) is 0 Å². The van der Waals surface area contributed by atoms with Crippen LogP contribution in [0.15, 0.2) is 9.95 Å². The molecule has 0 radical (unpaired) electrons. The maximum absolute atomic E-state index is 12.4. The van der Waals surface area contributed by atoms with E-state index in [1.807, 2.05) is 13.8 Å². The molecular formula is C16H20N2O3S2. The number of aromatic amines is 1. The molecule has 23 heavy (non-hydrogen) atoms. The molecule has 1 aliphatic carbocycles. The highest BCUT2D eigenvalue weighted by Gasteiger charge is 2.20. The van der Waals surface area contributed by atoms with Crippen LogP contribution >= 0.6 is 23.1 Å². The Morgan fingerprint density at radius 1 is 1.43 bits per heavy atom. The third-order valence-corrected chi connectivity index (χ3v) is 6.07.